The van der Waals surface area contributed by atoms with Crippen LogP contribution >= 0.6 is 0 Å². The smallest absolute Gasteiger partial charge is 0.414 e. The largest absolute Gasteiger partial charge is 0.441 e. The number of benzene rings is 1. The van der Waals surface area contributed by atoms with E-state index in [9.17, 15) is 9.18 Å². The van der Waals surface area contributed by atoms with Crippen molar-refractivity contribution in [2.45, 2.75) is 32.0 Å². The van der Waals surface area contributed by atoms with Crippen molar-refractivity contribution in [2.24, 2.45) is 0 Å². The summed E-state index contributed by atoms with van der Waals surface area (Å²) in [5.74, 6) is -0.408. The average Bonchev–Trinajstić information content (AvgIpc) is 3.33. The molecular formula is C17H23FN2O4. The third-order valence-corrected chi connectivity index (χ3v) is 3.95. The average molecular weight is 338 g/mol. The molecule has 0 aromatic heterocycles. The van der Waals surface area contributed by atoms with E-state index in [1.807, 2.05) is 6.92 Å². The first-order valence-corrected chi connectivity index (χ1v) is 8.38. The Hall–Kier alpha value is -1.86. The fourth-order valence-corrected chi connectivity index (χ4v) is 2.51. The number of rotatable bonds is 9. The predicted octanol–water partition coefficient (Wildman–Crippen LogP) is 2.78. The van der Waals surface area contributed by atoms with E-state index in [2.05, 4.69) is 5.32 Å². The molecule has 1 unspecified atom stereocenters. The Morgan fingerprint density at radius 1 is 1.42 bits per heavy atom. The number of carbonyl (C=O) groups excluding carboxylic acids is 1. The summed E-state index contributed by atoms with van der Waals surface area (Å²) in [6.45, 7) is 4.35. The zero-order chi connectivity index (χ0) is 16.9. The van der Waals surface area contributed by atoms with Gasteiger partial charge in [0.15, 0.2) is 0 Å². The summed E-state index contributed by atoms with van der Waals surface area (Å²) < 4.78 is 30.2. The van der Waals surface area contributed by atoms with Gasteiger partial charge in [-0.15, -0.1) is 0 Å². The third-order valence-electron chi connectivity index (χ3n) is 3.95. The summed E-state index contributed by atoms with van der Waals surface area (Å²) in [6.07, 6.45) is 1.71. The summed E-state index contributed by atoms with van der Waals surface area (Å²) in [6, 6.07) is 4.67. The van der Waals surface area contributed by atoms with Crippen LogP contribution in [-0.2, 0) is 14.2 Å². The van der Waals surface area contributed by atoms with Gasteiger partial charge >= 0.3 is 6.09 Å². The van der Waals surface area contributed by atoms with Crippen molar-refractivity contribution < 1.29 is 23.4 Å². The van der Waals surface area contributed by atoms with Gasteiger partial charge in [0.05, 0.1) is 37.2 Å². The molecule has 1 atom stereocenters. The van der Waals surface area contributed by atoms with Crippen LogP contribution in [0.15, 0.2) is 18.2 Å². The number of nitrogens with zero attached hydrogens (tertiary/aromatic N) is 1. The fourth-order valence-electron chi connectivity index (χ4n) is 2.51. The summed E-state index contributed by atoms with van der Waals surface area (Å²) >= 11 is 0. The van der Waals surface area contributed by atoms with Crippen LogP contribution in [0.25, 0.3) is 0 Å². The van der Waals surface area contributed by atoms with Crippen LogP contribution in [0, 0.1) is 5.82 Å². The van der Waals surface area contributed by atoms with Crippen LogP contribution in [0.2, 0.25) is 0 Å². The Morgan fingerprint density at radius 3 is 2.96 bits per heavy atom. The number of carbonyl (C=O) groups is 1. The number of halogens is 1. The lowest BCUT2D eigenvalue weighted by Gasteiger charge is -2.15. The number of cyclic esters (lactones) is 1. The molecule has 132 valence electrons. The lowest BCUT2D eigenvalue weighted by Crippen LogP contribution is -2.26. The van der Waals surface area contributed by atoms with Crippen molar-refractivity contribution in [3.8, 4) is 0 Å². The highest BCUT2D eigenvalue weighted by molar-refractivity contribution is 5.90. The summed E-state index contributed by atoms with van der Waals surface area (Å²) in [5, 5.41) is 2.97. The highest BCUT2D eigenvalue weighted by Gasteiger charge is 2.34. The number of nitrogens with one attached hydrogen (secondary N) is 1. The molecule has 1 amide bonds. The van der Waals surface area contributed by atoms with E-state index in [-0.39, 0.29) is 6.10 Å². The van der Waals surface area contributed by atoms with Gasteiger partial charge in [0.1, 0.15) is 11.9 Å². The first kappa shape index (κ1) is 17.0. The van der Waals surface area contributed by atoms with Crippen molar-refractivity contribution in [1.82, 2.24) is 0 Å². The van der Waals surface area contributed by atoms with E-state index in [0.29, 0.717) is 50.4 Å². The highest BCUT2D eigenvalue weighted by atomic mass is 19.1. The van der Waals surface area contributed by atoms with E-state index in [0.717, 1.165) is 12.8 Å². The Labute approximate surface area is 140 Å². The molecule has 7 heteroatoms. The topological polar surface area (TPSA) is 60.0 Å². The van der Waals surface area contributed by atoms with Gasteiger partial charge < -0.3 is 19.5 Å². The Bertz CT molecular complexity index is 580. The summed E-state index contributed by atoms with van der Waals surface area (Å²) in [7, 11) is 0. The maximum absolute atomic E-state index is 14.2. The monoisotopic (exact) mass is 338 g/mol. The molecule has 6 nitrogen and oxygen atoms in total. The zero-order valence-corrected chi connectivity index (χ0v) is 13.8. The Kier molecular flexibility index (Phi) is 5.52. The second-order valence-corrected chi connectivity index (χ2v) is 5.94. The highest BCUT2D eigenvalue weighted by Crippen LogP contribution is 2.28. The molecule has 1 saturated heterocycles. The molecule has 0 bridgehead atoms. The van der Waals surface area contributed by atoms with Gasteiger partial charge in [0.25, 0.3) is 0 Å². The summed E-state index contributed by atoms with van der Waals surface area (Å²) in [4.78, 5) is 13.4. The van der Waals surface area contributed by atoms with E-state index in [4.69, 9.17) is 14.2 Å². The normalized spacial score (nSPS) is 20.3. The molecule has 1 aromatic carbocycles. The molecule has 1 saturated carbocycles. The maximum Gasteiger partial charge on any atom is 0.414 e. The van der Waals surface area contributed by atoms with Gasteiger partial charge in [-0.2, -0.15) is 0 Å². The molecule has 1 aromatic rings. The number of ether oxygens (including phenoxy) is 3. The van der Waals surface area contributed by atoms with Gasteiger partial charge in [-0.3, -0.25) is 4.90 Å². The predicted molar refractivity (Wildman–Crippen MR) is 88.0 cm³/mol. The van der Waals surface area contributed by atoms with Crippen molar-refractivity contribution in [3.05, 3.63) is 24.0 Å². The van der Waals surface area contributed by atoms with Gasteiger partial charge in [0.2, 0.25) is 0 Å². The molecule has 1 heterocycles. The number of hydrogen-bond donors (Lipinski definition) is 1. The number of amides is 1. The molecule has 1 aliphatic heterocycles. The number of anilines is 2. The molecule has 2 fully saturated rings. The maximum atomic E-state index is 14.2. The molecule has 3 rings (SSSR count). The van der Waals surface area contributed by atoms with Crippen LogP contribution in [0.1, 0.15) is 19.8 Å². The standard InChI is InChI=1S/C17H23FN2O4/c1-2-22-8-7-19-16-6-3-12(9-15(16)18)20-10-14(24-17(20)21)11-23-13-4-5-13/h3,6,9,13-14,19H,2,4-5,7-8,10-11H2,1H3. The minimum atomic E-state index is -0.462. The molecule has 1 N–H and O–H groups in total. The minimum absolute atomic E-state index is 0.301. The van der Waals surface area contributed by atoms with Crippen LogP contribution in [0.5, 0.6) is 0 Å². The van der Waals surface area contributed by atoms with Gasteiger partial charge in [0, 0.05) is 13.2 Å². The van der Waals surface area contributed by atoms with Gasteiger partial charge in [-0.05, 0) is 38.0 Å². The third kappa shape index (κ3) is 4.36. The fraction of sp³-hybridized carbons (Fsp3) is 0.588. The van der Waals surface area contributed by atoms with Gasteiger partial charge in [-0.1, -0.05) is 0 Å². The second-order valence-electron chi connectivity index (χ2n) is 5.94. The van der Waals surface area contributed by atoms with E-state index in [1.54, 1.807) is 12.1 Å². The lowest BCUT2D eigenvalue weighted by molar-refractivity contribution is 0.0376. The van der Waals surface area contributed by atoms with E-state index < -0.39 is 11.9 Å². The van der Waals surface area contributed by atoms with Crippen molar-refractivity contribution in [3.63, 3.8) is 0 Å². The molecule has 1 aliphatic carbocycles. The number of hydrogen-bond acceptors (Lipinski definition) is 5. The molecule has 0 spiro atoms. The molecule has 0 radical (unpaired) electrons. The molecule has 2 aliphatic rings. The van der Waals surface area contributed by atoms with Crippen molar-refractivity contribution >= 4 is 17.5 Å². The first-order chi connectivity index (χ1) is 11.7. The van der Waals surface area contributed by atoms with Crippen molar-refractivity contribution in [2.75, 3.05) is 43.1 Å². The van der Waals surface area contributed by atoms with E-state index in [1.165, 1.54) is 11.0 Å². The Morgan fingerprint density at radius 2 is 2.25 bits per heavy atom. The minimum Gasteiger partial charge on any atom is -0.441 e. The molecule has 24 heavy (non-hydrogen) atoms. The van der Waals surface area contributed by atoms with Crippen molar-refractivity contribution in [1.29, 1.82) is 0 Å². The quantitative estimate of drug-likeness (QED) is 0.702. The van der Waals surface area contributed by atoms with Gasteiger partial charge in [-0.25, -0.2) is 9.18 Å². The zero-order valence-electron chi connectivity index (χ0n) is 13.8. The first-order valence-electron chi connectivity index (χ1n) is 8.38. The SMILES string of the molecule is CCOCCNc1ccc(N2CC(COC3CC3)OC2=O)cc1F. The van der Waals surface area contributed by atoms with Crippen LogP contribution < -0.4 is 10.2 Å². The summed E-state index contributed by atoms with van der Waals surface area (Å²) in [5.41, 5.74) is 0.876. The second kappa shape index (κ2) is 7.81. The molecular weight excluding hydrogens is 315 g/mol. The van der Waals surface area contributed by atoms with Crippen LogP contribution in [0.3, 0.4) is 0 Å². The van der Waals surface area contributed by atoms with E-state index >= 15 is 0 Å². The Balaban J connectivity index is 1.55. The van der Waals surface area contributed by atoms with Crippen LogP contribution in [0.4, 0.5) is 20.6 Å². The lowest BCUT2D eigenvalue weighted by atomic mass is 10.2. The van der Waals surface area contributed by atoms with Crippen LogP contribution in [-0.4, -0.2) is 51.2 Å².